The van der Waals surface area contributed by atoms with Crippen molar-refractivity contribution >= 4 is 11.7 Å². The topological polar surface area (TPSA) is 65.2 Å². The van der Waals surface area contributed by atoms with Crippen LogP contribution in [0.4, 0.5) is 18.9 Å². The molecule has 0 unspecified atom stereocenters. The minimum Gasteiger partial charge on any atom is -0.462 e. The number of nitrogen functional groups attached to an aromatic ring is 1. The largest absolute Gasteiger partial charge is 0.462 e. The number of anilines is 1. The third kappa shape index (κ3) is 2.23. The Hall–Kier alpha value is -1.79. The molecule has 0 aromatic carbocycles. The van der Waals surface area contributed by atoms with Gasteiger partial charge >= 0.3 is 5.97 Å². The zero-order valence-corrected chi connectivity index (χ0v) is 8.34. The number of hydrogen-bond donors (Lipinski definition) is 1. The van der Waals surface area contributed by atoms with Gasteiger partial charge in [-0.25, -0.2) is 18.0 Å². The standard InChI is InChI=1S/C9H9F3N2O2/c1-2-16-9(15)4-3-14-7(8(11)12)5(10)6(4)13/h3,8H,2H2,1H3,(H2,13,14). The molecule has 0 spiro atoms. The molecule has 2 N–H and O–H groups in total. The van der Waals surface area contributed by atoms with Crippen LogP contribution < -0.4 is 5.73 Å². The summed E-state index contributed by atoms with van der Waals surface area (Å²) >= 11 is 0. The molecule has 1 rings (SSSR count). The Morgan fingerprint density at radius 2 is 2.25 bits per heavy atom. The van der Waals surface area contributed by atoms with Crippen LogP contribution in [0.2, 0.25) is 0 Å². The molecule has 0 aliphatic rings. The Balaban J connectivity index is 3.16. The number of pyridine rings is 1. The van der Waals surface area contributed by atoms with Crippen LogP contribution >= 0.6 is 0 Å². The van der Waals surface area contributed by atoms with Gasteiger partial charge in [0.25, 0.3) is 6.43 Å². The third-order valence-corrected chi connectivity index (χ3v) is 1.79. The maximum atomic E-state index is 13.2. The van der Waals surface area contributed by atoms with Crippen LogP contribution in [0.25, 0.3) is 0 Å². The second-order valence-electron chi connectivity index (χ2n) is 2.81. The van der Waals surface area contributed by atoms with E-state index in [1.54, 1.807) is 6.92 Å². The number of alkyl halides is 2. The summed E-state index contributed by atoms with van der Waals surface area (Å²) in [6, 6.07) is 0. The number of rotatable bonds is 3. The first-order valence-electron chi connectivity index (χ1n) is 4.38. The fourth-order valence-electron chi connectivity index (χ4n) is 1.04. The van der Waals surface area contributed by atoms with E-state index in [9.17, 15) is 18.0 Å². The number of carbonyl (C=O) groups excluding carboxylic acids is 1. The summed E-state index contributed by atoms with van der Waals surface area (Å²) in [6.45, 7) is 1.61. The van der Waals surface area contributed by atoms with E-state index in [1.807, 2.05) is 0 Å². The lowest BCUT2D eigenvalue weighted by atomic mass is 10.2. The first kappa shape index (κ1) is 12.3. The maximum absolute atomic E-state index is 13.2. The highest BCUT2D eigenvalue weighted by atomic mass is 19.3. The lowest BCUT2D eigenvalue weighted by molar-refractivity contribution is 0.0526. The van der Waals surface area contributed by atoms with E-state index in [0.29, 0.717) is 0 Å². The number of ether oxygens (including phenoxy) is 1. The Bertz CT molecular complexity index is 410. The highest BCUT2D eigenvalue weighted by Gasteiger charge is 2.22. The molecule has 1 heterocycles. The lowest BCUT2D eigenvalue weighted by Gasteiger charge is -2.08. The van der Waals surface area contributed by atoms with Crippen molar-refractivity contribution in [2.75, 3.05) is 12.3 Å². The lowest BCUT2D eigenvalue weighted by Crippen LogP contribution is -2.12. The molecular weight excluding hydrogens is 225 g/mol. The molecule has 0 aliphatic heterocycles. The number of nitrogens with zero attached hydrogens (tertiary/aromatic N) is 1. The van der Waals surface area contributed by atoms with Gasteiger partial charge in [0.05, 0.1) is 12.3 Å². The van der Waals surface area contributed by atoms with Gasteiger partial charge in [0, 0.05) is 6.20 Å². The second-order valence-corrected chi connectivity index (χ2v) is 2.81. The summed E-state index contributed by atoms with van der Waals surface area (Å²) in [6.07, 6.45) is -2.31. The predicted octanol–water partition coefficient (Wildman–Crippen LogP) is 1.92. The molecule has 0 fully saturated rings. The van der Waals surface area contributed by atoms with Crippen molar-refractivity contribution in [1.29, 1.82) is 0 Å². The van der Waals surface area contributed by atoms with Crippen LogP contribution in [-0.2, 0) is 4.74 Å². The molecule has 0 amide bonds. The Labute approximate surface area is 89.2 Å². The predicted molar refractivity (Wildman–Crippen MR) is 49.5 cm³/mol. The van der Waals surface area contributed by atoms with Gasteiger partial charge in [0.1, 0.15) is 11.3 Å². The molecule has 16 heavy (non-hydrogen) atoms. The van der Waals surface area contributed by atoms with Crippen LogP contribution in [0.3, 0.4) is 0 Å². The molecule has 7 heteroatoms. The maximum Gasteiger partial charge on any atom is 0.341 e. The Morgan fingerprint density at radius 1 is 1.62 bits per heavy atom. The van der Waals surface area contributed by atoms with E-state index in [4.69, 9.17) is 5.73 Å². The smallest absolute Gasteiger partial charge is 0.341 e. The molecule has 0 aliphatic carbocycles. The fourth-order valence-corrected chi connectivity index (χ4v) is 1.04. The van der Waals surface area contributed by atoms with Crippen molar-refractivity contribution in [3.8, 4) is 0 Å². The minimum absolute atomic E-state index is 0.0660. The highest BCUT2D eigenvalue weighted by molar-refractivity contribution is 5.94. The van der Waals surface area contributed by atoms with E-state index < -0.39 is 29.6 Å². The van der Waals surface area contributed by atoms with Crippen LogP contribution in [0.1, 0.15) is 29.4 Å². The van der Waals surface area contributed by atoms with Crippen molar-refractivity contribution in [2.45, 2.75) is 13.3 Å². The number of hydrogen-bond acceptors (Lipinski definition) is 4. The van der Waals surface area contributed by atoms with Gasteiger partial charge in [0.15, 0.2) is 5.82 Å². The van der Waals surface area contributed by atoms with Gasteiger partial charge in [-0.15, -0.1) is 0 Å². The van der Waals surface area contributed by atoms with E-state index in [-0.39, 0.29) is 12.2 Å². The number of aromatic nitrogens is 1. The van der Waals surface area contributed by atoms with Crippen molar-refractivity contribution < 1.29 is 22.7 Å². The van der Waals surface area contributed by atoms with Gasteiger partial charge in [0.2, 0.25) is 0 Å². The molecule has 0 atom stereocenters. The van der Waals surface area contributed by atoms with Crippen LogP contribution in [0.15, 0.2) is 6.20 Å². The average molecular weight is 234 g/mol. The molecule has 88 valence electrons. The molecule has 0 bridgehead atoms. The number of halogens is 3. The van der Waals surface area contributed by atoms with Crippen molar-refractivity contribution in [3.05, 3.63) is 23.3 Å². The van der Waals surface area contributed by atoms with Gasteiger partial charge < -0.3 is 10.5 Å². The van der Waals surface area contributed by atoms with Gasteiger partial charge in [-0.1, -0.05) is 0 Å². The van der Waals surface area contributed by atoms with Crippen LogP contribution in [0, 0.1) is 5.82 Å². The van der Waals surface area contributed by atoms with E-state index in [2.05, 4.69) is 9.72 Å². The number of carbonyl (C=O) groups is 1. The van der Waals surface area contributed by atoms with E-state index in [0.717, 1.165) is 6.20 Å². The van der Waals surface area contributed by atoms with Crippen molar-refractivity contribution in [3.63, 3.8) is 0 Å². The quantitative estimate of drug-likeness (QED) is 0.811. The fraction of sp³-hybridized carbons (Fsp3) is 0.333. The minimum atomic E-state index is -3.08. The summed E-state index contributed by atoms with van der Waals surface area (Å²) in [5.74, 6) is -2.28. The number of nitrogens with two attached hydrogens (primary N) is 1. The molecule has 0 radical (unpaired) electrons. The van der Waals surface area contributed by atoms with Crippen LogP contribution in [-0.4, -0.2) is 17.6 Å². The summed E-state index contributed by atoms with van der Waals surface area (Å²) in [5, 5.41) is 0. The van der Waals surface area contributed by atoms with E-state index in [1.165, 1.54) is 0 Å². The zero-order valence-electron chi connectivity index (χ0n) is 8.34. The second kappa shape index (κ2) is 4.82. The Kier molecular flexibility index (Phi) is 3.70. The number of esters is 1. The summed E-state index contributed by atoms with van der Waals surface area (Å²) in [7, 11) is 0. The third-order valence-electron chi connectivity index (χ3n) is 1.79. The summed E-state index contributed by atoms with van der Waals surface area (Å²) in [5.41, 5.74) is 3.09. The molecular formula is C9H9F3N2O2. The first-order chi connectivity index (χ1) is 7.49. The van der Waals surface area contributed by atoms with Crippen molar-refractivity contribution in [2.24, 2.45) is 0 Å². The molecule has 1 aromatic heterocycles. The van der Waals surface area contributed by atoms with E-state index >= 15 is 0 Å². The van der Waals surface area contributed by atoms with Crippen molar-refractivity contribution in [1.82, 2.24) is 4.98 Å². The molecule has 0 saturated heterocycles. The van der Waals surface area contributed by atoms with Gasteiger partial charge in [-0.2, -0.15) is 0 Å². The first-order valence-corrected chi connectivity index (χ1v) is 4.38. The average Bonchev–Trinajstić information content (AvgIpc) is 2.21. The molecule has 1 aromatic rings. The zero-order chi connectivity index (χ0) is 12.3. The highest BCUT2D eigenvalue weighted by Crippen LogP contribution is 2.25. The monoisotopic (exact) mass is 234 g/mol. The summed E-state index contributed by atoms with van der Waals surface area (Å²) < 4.78 is 42.2. The summed E-state index contributed by atoms with van der Waals surface area (Å²) in [4.78, 5) is 14.3. The van der Waals surface area contributed by atoms with Gasteiger partial charge in [-0.05, 0) is 6.92 Å². The molecule has 4 nitrogen and oxygen atoms in total. The SMILES string of the molecule is CCOC(=O)c1cnc(C(F)F)c(F)c1N. The van der Waals surface area contributed by atoms with Crippen LogP contribution in [0.5, 0.6) is 0 Å². The Morgan fingerprint density at radius 3 is 2.75 bits per heavy atom. The normalized spacial score (nSPS) is 10.6. The van der Waals surface area contributed by atoms with Gasteiger partial charge in [-0.3, -0.25) is 4.98 Å². The molecule has 0 saturated carbocycles.